The minimum atomic E-state index is -0.978. The molecule has 0 aliphatic heterocycles. The van der Waals surface area contributed by atoms with Crippen molar-refractivity contribution in [2.24, 2.45) is 0 Å². The Bertz CT molecular complexity index is 941. The zero-order valence-electron chi connectivity index (χ0n) is 12.5. The van der Waals surface area contributed by atoms with Crippen LogP contribution in [0.2, 0.25) is 0 Å². The third-order valence-electron chi connectivity index (χ3n) is 3.48. The van der Waals surface area contributed by atoms with Gasteiger partial charge in [0, 0.05) is 23.8 Å². The molecule has 0 atom stereocenters. The fourth-order valence-corrected chi connectivity index (χ4v) is 4.44. The molecule has 3 heterocycles. The number of pyridine rings is 1. The van der Waals surface area contributed by atoms with E-state index >= 15 is 0 Å². The van der Waals surface area contributed by atoms with Gasteiger partial charge in [-0.05, 0) is 25.0 Å². The summed E-state index contributed by atoms with van der Waals surface area (Å²) in [4.78, 5) is 26.7. The van der Waals surface area contributed by atoms with E-state index in [9.17, 15) is 14.7 Å². The molecule has 0 saturated heterocycles. The number of carboxylic acid groups (broad SMARTS) is 1. The Balaban J connectivity index is 2.03. The maximum Gasteiger partial charge on any atom is 0.346 e. The fraction of sp³-hybridized carbons (Fsp3) is 0.286. The van der Waals surface area contributed by atoms with Crippen LogP contribution in [0.1, 0.15) is 27.7 Å². The average Bonchev–Trinajstić information content (AvgIpc) is 3.09. The van der Waals surface area contributed by atoms with Gasteiger partial charge in [0.15, 0.2) is 5.16 Å². The largest absolute Gasteiger partial charge is 0.477 e. The first-order valence-electron chi connectivity index (χ1n) is 6.90. The van der Waals surface area contributed by atoms with Crippen molar-refractivity contribution >= 4 is 39.3 Å². The van der Waals surface area contributed by atoms with Gasteiger partial charge in [0.2, 0.25) is 5.56 Å². The van der Waals surface area contributed by atoms with Crippen LogP contribution in [-0.4, -0.2) is 30.8 Å². The maximum atomic E-state index is 11.8. The molecular weight excluding hydrogens is 336 g/mol. The van der Waals surface area contributed by atoms with Crippen molar-refractivity contribution in [3.05, 3.63) is 38.8 Å². The molecule has 120 valence electrons. The smallest absolute Gasteiger partial charge is 0.346 e. The summed E-state index contributed by atoms with van der Waals surface area (Å²) in [6.07, 6.45) is 1.66. The molecule has 3 aromatic rings. The molecule has 3 rings (SSSR count). The van der Waals surface area contributed by atoms with E-state index in [1.54, 1.807) is 13.3 Å². The third kappa shape index (κ3) is 2.89. The minimum absolute atomic E-state index is 0.233. The molecule has 0 aliphatic carbocycles. The first-order chi connectivity index (χ1) is 11.0. The van der Waals surface area contributed by atoms with Gasteiger partial charge in [-0.2, -0.15) is 0 Å². The van der Waals surface area contributed by atoms with Crippen LogP contribution < -0.4 is 5.56 Å². The van der Waals surface area contributed by atoms with Crippen molar-refractivity contribution in [1.82, 2.24) is 19.7 Å². The van der Waals surface area contributed by atoms with E-state index in [2.05, 4.69) is 15.2 Å². The van der Waals surface area contributed by atoms with E-state index < -0.39 is 5.97 Å². The van der Waals surface area contributed by atoms with Gasteiger partial charge < -0.3 is 14.7 Å². The van der Waals surface area contributed by atoms with Crippen LogP contribution in [0.15, 0.2) is 22.3 Å². The molecule has 3 aromatic heterocycles. The normalized spacial score (nSPS) is 11.2. The molecule has 0 spiro atoms. The predicted octanol–water partition coefficient (Wildman–Crippen LogP) is 2.50. The first kappa shape index (κ1) is 15.8. The summed E-state index contributed by atoms with van der Waals surface area (Å²) in [5.41, 5.74) is 1.25. The van der Waals surface area contributed by atoms with E-state index in [1.807, 2.05) is 11.5 Å². The van der Waals surface area contributed by atoms with Crippen LogP contribution in [0.25, 0.3) is 10.2 Å². The second-order valence-corrected chi connectivity index (χ2v) is 6.88. The lowest BCUT2D eigenvalue weighted by molar-refractivity contribution is 0.0701. The molecule has 0 fully saturated rings. The van der Waals surface area contributed by atoms with Gasteiger partial charge in [-0.25, -0.2) is 4.79 Å². The van der Waals surface area contributed by atoms with E-state index in [4.69, 9.17) is 0 Å². The SMILES string of the molecule is CCn1cnnc1SCc1cc(=O)[nH]c2sc(C(=O)O)c(C)c12. The number of carboxylic acids is 1. The minimum Gasteiger partial charge on any atom is -0.477 e. The highest BCUT2D eigenvalue weighted by Gasteiger charge is 2.18. The van der Waals surface area contributed by atoms with Crippen molar-refractivity contribution in [2.75, 3.05) is 0 Å². The number of carbonyl (C=O) groups is 1. The number of aryl methyl sites for hydroxylation is 2. The number of hydrogen-bond donors (Lipinski definition) is 2. The summed E-state index contributed by atoms with van der Waals surface area (Å²) in [5, 5.41) is 18.8. The van der Waals surface area contributed by atoms with Crippen LogP contribution in [0.3, 0.4) is 0 Å². The van der Waals surface area contributed by atoms with E-state index in [0.717, 1.165) is 34.0 Å². The average molecular weight is 350 g/mol. The standard InChI is InChI=1S/C14H14N4O3S2/c1-3-18-6-15-17-14(18)22-5-8-4-9(19)16-12-10(8)7(2)11(23-12)13(20)21/h4,6H,3,5H2,1-2H3,(H,16,19)(H,20,21). The summed E-state index contributed by atoms with van der Waals surface area (Å²) < 4.78 is 1.91. The predicted molar refractivity (Wildman–Crippen MR) is 89.4 cm³/mol. The topological polar surface area (TPSA) is 101 Å². The van der Waals surface area contributed by atoms with Crippen molar-refractivity contribution in [3.8, 4) is 0 Å². The summed E-state index contributed by atoms with van der Waals surface area (Å²) in [7, 11) is 0. The molecular formula is C14H14N4O3S2. The zero-order valence-corrected chi connectivity index (χ0v) is 14.1. The molecule has 0 aromatic carbocycles. The van der Waals surface area contributed by atoms with Crippen molar-refractivity contribution in [1.29, 1.82) is 0 Å². The Kier molecular flexibility index (Phi) is 4.22. The molecule has 0 saturated carbocycles. The highest BCUT2D eigenvalue weighted by molar-refractivity contribution is 7.98. The number of thiophene rings is 1. The number of hydrogen-bond acceptors (Lipinski definition) is 6. The summed E-state index contributed by atoms with van der Waals surface area (Å²) in [6, 6.07) is 1.52. The van der Waals surface area contributed by atoms with Gasteiger partial charge in [0.1, 0.15) is 16.0 Å². The number of thioether (sulfide) groups is 1. The fourth-order valence-electron chi connectivity index (χ4n) is 2.40. The Labute approximate surface area is 139 Å². The number of H-pyrrole nitrogens is 1. The quantitative estimate of drug-likeness (QED) is 0.686. The molecule has 0 radical (unpaired) electrons. The van der Waals surface area contributed by atoms with Crippen molar-refractivity contribution in [2.45, 2.75) is 31.3 Å². The van der Waals surface area contributed by atoms with Crippen LogP contribution in [0, 0.1) is 6.92 Å². The van der Waals surface area contributed by atoms with Gasteiger partial charge in [0.25, 0.3) is 0 Å². The Morgan fingerprint density at radius 1 is 1.52 bits per heavy atom. The van der Waals surface area contributed by atoms with E-state index in [1.165, 1.54) is 17.8 Å². The van der Waals surface area contributed by atoms with Crippen LogP contribution >= 0.6 is 23.1 Å². The second kappa shape index (κ2) is 6.17. The highest BCUT2D eigenvalue weighted by atomic mass is 32.2. The summed E-state index contributed by atoms with van der Waals surface area (Å²) in [6.45, 7) is 4.53. The highest BCUT2D eigenvalue weighted by Crippen LogP contribution is 2.33. The van der Waals surface area contributed by atoms with Crippen molar-refractivity contribution in [3.63, 3.8) is 0 Å². The van der Waals surface area contributed by atoms with Crippen LogP contribution in [0.4, 0.5) is 0 Å². The number of rotatable bonds is 5. The lowest BCUT2D eigenvalue weighted by Crippen LogP contribution is -2.05. The molecule has 9 heteroatoms. The number of nitrogens with zero attached hydrogens (tertiary/aromatic N) is 3. The maximum absolute atomic E-state index is 11.8. The van der Waals surface area contributed by atoms with Gasteiger partial charge in [-0.3, -0.25) is 4.79 Å². The van der Waals surface area contributed by atoms with Gasteiger partial charge in [0.05, 0.1) is 0 Å². The number of aromatic carboxylic acids is 1. The van der Waals surface area contributed by atoms with Crippen molar-refractivity contribution < 1.29 is 9.90 Å². The van der Waals surface area contributed by atoms with Crippen LogP contribution in [-0.2, 0) is 12.3 Å². The Morgan fingerprint density at radius 2 is 2.30 bits per heavy atom. The second-order valence-electron chi connectivity index (χ2n) is 4.91. The third-order valence-corrected chi connectivity index (χ3v) is 5.71. The lowest BCUT2D eigenvalue weighted by atomic mass is 10.1. The molecule has 23 heavy (non-hydrogen) atoms. The van der Waals surface area contributed by atoms with Gasteiger partial charge >= 0.3 is 5.97 Å². The zero-order chi connectivity index (χ0) is 16.6. The van der Waals surface area contributed by atoms with Gasteiger partial charge in [-0.1, -0.05) is 11.8 Å². The molecule has 7 nitrogen and oxygen atoms in total. The molecule has 0 aliphatic rings. The lowest BCUT2D eigenvalue weighted by Gasteiger charge is -2.05. The molecule has 0 amide bonds. The monoisotopic (exact) mass is 350 g/mol. The number of aromatic amines is 1. The summed E-state index contributed by atoms with van der Waals surface area (Å²) in [5.74, 6) is -0.454. The number of nitrogens with one attached hydrogen (secondary N) is 1. The van der Waals surface area contributed by atoms with Crippen LogP contribution in [0.5, 0.6) is 0 Å². The van der Waals surface area contributed by atoms with Gasteiger partial charge in [-0.15, -0.1) is 21.5 Å². The van der Waals surface area contributed by atoms with E-state index in [0.29, 0.717) is 16.1 Å². The number of aromatic nitrogens is 4. The molecule has 0 unspecified atom stereocenters. The first-order valence-corrected chi connectivity index (χ1v) is 8.70. The summed E-state index contributed by atoms with van der Waals surface area (Å²) >= 11 is 2.57. The van der Waals surface area contributed by atoms with E-state index in [-0.39, 0.29) is 10.4 Å². The Morgan fingerprint density at radius 3 is 3.00 bits per heavy atom. The Hall–Kier alpha value is -2.13. The molecule has 0 bridgehead atoms. The number of fused-ring (bicyclic) bond motifs is 1. The molecule has 2 N–H and O–H groups in total.